The number of hydrogen-bond acceptors (Lipinski definition) is 5. The first kappa shape index (κ1) is 38.7. The number of nitrogens with zero attached hydrogens (tertiary/aromatic N) is 4. The molecule has 12 rings (SSSR count). The Hall–Kier alpha value is -7.99. The molecule has 10 aromatic rings. The minimum atomic E-state index is -0.474. The Bertz CT molecular complexity index is 3540. The maximum atomic E-state index is 5.29. The molecule has 5 heteroatoms. The normalized spacial score (nSPS) is 13.5. The second kappa shape index (κ2) is 15.7. The summed E-state index contributed by atoms with van der Waals surface area (Å²) in [6, 6.07) is 65.2. The van der Waals surface area contributed by atoms with Gasteiger partial charge in [-0.25, -0.2) is 9.97 Å². The molecule has 4 aromatic heterocycles. The second-order valence-electron chi connectivity index (χ2n) is 16.5. The van der Waals surface area contributed by atoms with E-state index in [4.69, 9.17) is 9.97 Å². The van der Waals surface area contributed by atoms with Crippen LogP contribution in [-0.2, 0) is 5.41 Å². The highest BCUT2D eigenvalue weighted by Crippen LogP contribution is 2.63. The molecule has 0 amide bonds. The average molecular weight is 849 g/mol. The molecule has 5 heterocycles. The molecule has 4 nitrogen and oxygen atoms in total. The van der Waals surface area contributed by atoms with Crippen LogP contribution in [0, 0.1) is 0 Å². The van der Waals surface area contributed by atoms with E-state index in [1.807, 2.05) is 48.2 Å². The van der Waals surface area contributed by atoms with Gasteiger partial charge < -0.3 is 0 Å². The number of aromatic nitrogens is 4. The summed E-state index contributed by atoms with van der Waals surface area (Å²) in [6.07, 6.45) is 9.97. The Morgan fingerprint density at radius 1 is 0.492 bits per heavy atom. The van der Waals surface area contributed by atoms with Crippen LogP contribution in [0.1, 0.15) is 29.2 Å². The summed E-state index contributed by atoms with van der Waals surface area (Å²) >= 11 is 1.87. The van der Waals surface area contributed by atoms with Gasteiger partial charge in [-0.1, -0.05) is 170 Å². The van der Waals surface area contributed by atoms with Crippen LogP contribution in [0.2, 0.25) is 0 Å². The summed E-state index contributed by atoms with van der Waals surface area (Å²) in [5.41, 5.74) is 16.9. The predicted molar refractivity (Wildman–Crippen MR) is 268 cm³/mol. The van der Waals surface area contributed by atoms with Crippen molar-refractivity contribution in [1.29, 1.82) is 0 Å². The molecular formula is C60H40N4S. The van der Waals surface area contributed by atoms with Crippen LogP contribution in [0.5, 0.6) is 0 Å². The third-order valence-corrected chi connectivity index (χ3v) is 14.1. The minimum absolute atomic E-state index is 0.474. The molecule has 65 heavy (non-hydrogen) atoms. The van der Waals surface area contributed by atoms with E-state index in [1.54, 1.807) is 12.4 Å². The maximum absolute atomic E-state index is 5.29. The molecule has 0 unspecified atom stereocenters. The molecule has 306 valence electrons. The first-order valence-electron chi connectivity index (χ1n) is 21.9. The van der Waals surface area contributed by atoms with Gasteiger partial charge in [-0.15, -0.1) is 0 Å². The van der Waals surface area contributed by atoms with E-state index in [0.29, 0.717) is 0 Å². The quantitative estimate of drug-likeness (QED) is 0.167. The summed E-state index contributed by atoms with van der Waals surface area (Å²) in [5.74, 6) is 0. The predicted octanol–water partition coefficient (Wildman–Crippen LogP) is 13.3. The van der Waals surface area contributed by atoms with Crippen molar-refractivity contribution < 1.29 is 0 Å². The minimum Gasteiger partial charge on any atom is -0.255 e. The van der Waals surface area contributed by atoms with E-state index in [9.17, 15) is 0 Å². The molecule has 1 spiro atoms. The number of benzene rings is 6. The highest BCUT2D eigenvalue weighted by atomic mass is 32.2. The Labute approximate surface area is 382 Å². The summed E-state index contributed by atoms with van der Waals surface area (Å²) in [6.45, 7) is 6.67. The lowest BCUT2D eigenvalue weighted by Gasteiger charge is -2.39. The van der Waals surface area contributed by atoms with E-state index in [-0.39, 0.29) is 0 Å². The summed E-state index contributed by atoms with van der Waals surface area (Å²) in [5, 5.41) is 4.09. The molecule has 0 radical (unpaired) electrons. The van der Waals surface area contributed by atoms with Crippen LogP contribution < -0.4 is 10.6 Å². The van der Waals surface area contributed by atoms with Crippen molar-refractivity contribution >= 4 is 35.2 Å². The van der Waals surface area contributed by atoms with Crippen molar-refractivity contribution in [2.24, 2.45) is 0 Å². The number of fused-ring (bicyclic) bond motifs is 11. The van der Waals surface area contributed by atoms with Crippen LogP contribution in [0.15, 0.2) is 216 Å². The van der Waals surface area contributed by atoms with Gasteiger partial charge in [0.15, 0.2) is 0 Å². The number of pyridine rings is 4. The van der Waals surface area contributed by atoms with Gasteiger partial charge in [0.1, 0.15) is 0 Å². The third-order valence-electron chi connectivity index (χ3n) is 12.9. The summed E-state index contributed by atoms with van der Waals surface area (Å²) in [4.78, 5) is 22.0. The van der Waals surface area contributed by atoms with Crippen LogP contribution in [-0.4, -0.2) is 19.9 Å². The fraction of sp³-hybridized carbons (Fsp3) is 0.0333. The Kier molecular flexibility index (Phi) is 9.32. The average Bonchev–Trinajstić information content (AvgIpc) is 3.67. The Morgan fingerprint density at radius 3 is 1.62 bits per heavy atom. The molecule has 6 aromatic carbocycles. The fourth-order valence-electron chi connectivity index (χ4n) is 10.1. The van der Waals surface area contributed by atoms with Gasteiger partial charge in [0, 0.05) is 43.7 Å². The Balaban J connectivity index is 0.975. The van der Waals surface area contributed by atoms with Crippen molar-refractivity contribution in [3.8, 4) is 67.4 Å². The third kappa shape index (κ3) is 6.22. The topological polar surface area (TPSA) is 51.6 Å². The van der Waals surface area contributed by atoms with Gasteiger partial charge in [0.25, 0.3) is 0 Å². The van der Waals surface area contributed by atoms with Crippen molar-refractivity contribution in [2.75, 3.05) is 0 Å². The molecule has 0 saturated carbocycles. The highest BCUT2D eigenvalue weighted by Gasteiger charge is 2.50. The number of hydrogen-bond donors (Lipinski definition) is 0. The lowest BCUT2D eigenvalue weighted by molar-refractivity contribution is 0.723. The molecule has 0 N–H and O–H groups in total. The van der Waals surface area contributed by atoms with Gasteiger partial charge >= 0.3 is 0 Å². The molecule has 0 bridgehead atoms. The zero-order chi connectivity index (χ0) is 43.5. The SMILES string of the molecule is C=c1nc(-c2ccc(-c3ccc(-c4cc(-c5ccccn5)nc(-c5ccccn5)c4)cc3)cc2)c2ccc3c(c2/c1=C/C=C\C)-c1ccccc1C31c2ccccc2Sc2ccccc21. The van der Waals surface area contributed by atoms with E-state index in [1.165, 1.54) is 48.6 Å². The van der Waals surface area contributed by atoms with Gasteiger partial charge in [-0.2, -0.15) is 0 Å². The Morgan fingerprint density at radius 2 is 1.03 bits per heavy atom. The second-order valence-corrected chi connectivity index (χ2v) is 17.6. The molecule has 1 aliphatic carbocycles. The molecular weight excluding hydrogens is 809 g/mol. The first-order chi connectivity index (χ1) is 32.1. The molecule has 0 fully saturated rings. The zero-order valence-corrected chi connectivity index (χ0v) is 36.4. The van der Waals surface area contributed by atoms with Crippen molar-refractivity contribution in [2.45, 2.75) is 22.1 Å². The molecule has 0 saturated heterocycles. The van der Waals surface area contributed by atoms with Gasteiger partial charge in [0.05, 0.1) is 39.2 Å². The number of rotatable bonds is 6. The van der Waals surface area contributed by atoms with Crippen LogP contribution >= 0.6 is 11.8 Å². The molecule has 1 aliphatic heterocycles. The maximum Gasteiger partial charge on any atom is 0.0900 e. The first-order valence-corrected chi connectivity index (χ1v) is 22.7. The van der Waals surface area contributed by atoms with Crippen molar-refractivity contribution in [3.05, 3.63) is 239 Å². The summed E-state index contributed by atoms with van der Waals surface area (Å²) < 4.78 is 0. The van der Waals surface area contributed by atoms with E-state index < -0.39 is 5.41 Å². The smallest absolute Gasteiger partial charge is 0.0900 e. The van der Waals surface area contributed by atoms with Gasteiger partial charge in [-0.05, 0) is 111 Å². The van der Waals surface area contributed by atoms with Crippen molar-refractivity contribution in [1.82, 2.24) is 19.9 Å². The van der Waals surface area contributed by atoms with Gasteiger partial charge in [-0.3, -0.25) is 9.97 Å². The fourth-order valence-corrected chi connectivity index (χ4v) is 11.3. The van der Waals surface area contributed by atoms with E-state index in [2.05, 4.69) is 187 Å². The van der Waals surface area contributed by atoms with Crippen LogP contribution in [0.25, 0.3) is 90.8 Å². The standard InChI is InChI=1S/C60H40N4S/c1-3-4-15-44-38(2)63-59(46-32-33-50-58(57(44)46)45-16-5-6-17-47(45)60(50)48-18-7-9-22-55(48)65-56-23-10-8-19-49(56)60)42-30-28-40(29-31-42)39-24-26-41(27-25-39)43-36-53(51-20-11-13-34-61-51)64-54(37-43)52-21-12-14-35-62-52/h3-37H,2H2,1H3/b4-3-,44-15+. The van der Waals surface area contributed by atoms with E-state index >= 15 is 0 Å². The lowest BCUT2D eigenvalue weighted by atomic mass is 9.67. The summed E-state index contributed by atoms with van der Waals surface area (Å²) in [7, 11) is 0. The van der Waals surface area contributed by atoms with Crippen LogP contribution in [0.4, 0.5) is 0 Å². The molecule has 0 atom stereocenters. The number of allylic oxidation sites excluding steroid dienone is 2. The lowest BCUT2D eigenvalue weighted by Crippen LogP contribution is -2.32. The van der Waals surface area contributed by atoms with Crippen molar-refractivity contribution in [3.63, 3.8) is 0 Å². The highest BCUT2D eigenvalue weighted by molar-refractivity contribution is 7.99. The van der Waals surface area contributed by atoms with E-state index in [0.717, 1.165) is 72.2 Å². The zero-order valence-electron chi connectivity index (χ0n) is 35.6. The monoisotopic (exact) mass is 848 g/mol. The molecule has 2 aliphatic rings. The van der Waals surface area contributed by atoms with Crippen LogP contribution in [0.3, 0.4) is 0 Å². The van der Waals surface area contributed by atoms with Gasteiger partial charge in [0.2, 0.25) is 0 Å². The largest absolute Gasteiger partial charge is 0.255 e.